The highest BCUT2D eigenvalue weighted by Gasteiger charge is 2.13. The molecule has 0 amide bonds. The van der Waals surface area contributed by atoms with Crippen LogP contribution in [0.15, 0.2) is 18.2 Å². The van der Waals surface area contributed by atoms with Gasteiger partial charge in [0.15, 0.2) is 0 Å². The van der Waals surface area contributed by atoms with Crippen LogP contribution in [-0.4, -0.2) is 25.3 Å². The molecule has 0 saturated carbocycles. The average Bonchev–Trinajstić information content (AvgIpc) is 2.37. The van der Waals surface area contributed by atoms with Crippen LogP contribution in [-0.2, 0) is 4.79 Å². The van der Waals surface area contributed by atoms with Crippen molar-refractivity contribution in [2.75, 3.05) is 14.2 Å². The minimum atomic E-state index is -0.802. The van der Waals surface area contributed by atoms with Gasteiger partial charge in [-0.25, -0.2) is 0 Å². The maximum absolute atomic E-state index is 10.4. The molecule has 3 N–H and O–H groups in total. The van der Waals surface area contributed by atoms with Crippen molar-refractivity contribution in [2.45, 2.75) is 25.3 Å². The first kappa shape index (κ1) is 14.3. The van der Waals surface area contributed by atoms with E-state index < -0.39 is 5.97 Å². The van der Waals surface area contributed by atoms with Gasteiger partial charge in [0.05, 0.1) is 14.2 Å². The molecule has 0 aliphatic carbocycles. The van der Waals surface area contributed by atoms with Gasteiger partial charge >= 0.3 is 5.97 Å². The van der Waals surface area contributed by atoms with Crippen molar-refractivity contribution in [3.8, 4) is 11.5 Å². The molecule has 0 aliphatic rings. The molecule has 5 heteroatoms. The Morgan fingerprint density at radius 2 is 2.11 bits per heavy atom. The van der Waals surface area contributed by atoms with Crippen LogP contribution in [0.3, 0.4) is 0 Å². The van der Waals surface area contributed by atoms with Crippen LogP contribution in [0.25, 0.3) is 0 Å². The van der Waals surface area contributed by atoms with Gasteiger partial charge in [0.1, 0.15) is 11.5 Å². The molecule has 0 radical (unpaired) electrons. The van der Waals surface area contributed by atoms with Crippen LogP contribution in [0.2, 0.25) is 0 Å². The minimum Gasteiger partial charge on any atom is -0.497 e. The molecule has 1 aromatic rings. The normalized spacial score (nSPS) is 11.9. The summed E-state index contributed by atoms with van der Waals surface area (Å²) in [4.78, 5) is 10.4. The number of methoxy groups -OCH3 is 2. The van der Waals surface area contributed by atoms with Gasteiger partial charge in [-0.05, 0) is 18.9 Å². The lowest BCUT2D eigenvalue weighted by atomic mass is 10.0. The van der Waals surface area contributed by atoms with E-state index in [-0.39, 0.29) is 12.5 Å². The zero-order valence-corrected chi connectivity index (χ0v) is 10.7. The van der Waals surface area contributed by atoms with Crippen LogP contribution in [0.1, 0.15) is 30.9 Å². The Bertz CT molecular complexity index is 406. The fraction of sp³-hybridized carbons (Fsp3) is 0.462. The van der Waals surface area contributed by atoms with E-state index >= 15 is 0 Å². The molecule has 1 atom stereocenters. The van der Waals surface area contributed by atoms with Crippen molar-refractivity contribution in [1.29, 1.82) is 0 Å². The lowest BCUT2D eigenvalue weighted by Crippen LogP contribution is -2.12. The summed E-state index contributed by atoms with van der Waals surface area (Å²) >= 11 is 0. The van der Waals surface area contributed by atoms with Crippen molar-refractivity contribution >= 4 is 5.97 Å². The van der Waals surface area contributed by atoms with Crippen molar-refractivity contribution < 1.29 is 19.4 Å². The predicted octanol–water partition coefficient (Wildman–Crippen LogP) is 1.96. The quantitative estimate of drug-likeness (QED) is 0.776. The van der Waals surface area contributed by atoms with Gasteiger partial charge in [-0.3, -0.25) is 4.79 Å². The summed E-state index contributed by atoms with van der Waals surface area (Å²) in [7, 11) is 3.16. The van der Waals surface area contributed by atoms with Crippen molar-refractivity contribution in [1.82, 2.24) is 0 Å². The summed E-state index contributed by atoms with van der Waals surface area (Å²) in [6.45, 7) is 0. The first-order valence-electron chi connectivity index (χ1n) is 5.77. The van der Waals surface area contributed by atoms with E-state index in [0.717, 1.165) is 5.56 Å². The number of hydrogen-bond acceptors (Lipinski definition) is 4. The molecule has 5 nitrogen and oxygen atoms in total. The number of hydrogen-bond donors (Lipinski definition) is 2. The molecular formula is C13H19NO4. The summed E-state index contributed by atoms with van der Waals surface area (Å²) in [5.74, 6) is 0.564. The lowest BCUT2D eigenvalue weighted by Gasteiger charge is -2.16. The summed E-state index contributed by atoms with van der Waals surface area (Å²) in [5, 5.41) is 8.58. The van der Waals surface area contributed by atoms with Crippen LogP contribution < -0.4 is 15.2 Å². The Morgan fingerprint density at radius 3 is 2.67 bits per heavy atom. The van der Waals surface area contributed by atoms with Crippen LogP contribution in [0.4, 0.5) is 0 Å². The Hall–Kier alpha value is -1.75. The highest BCUT2D eigenvalue weighted by atomic mass is 16.5. The van der Waals surface area contributed by atoms with Gasteiger partial charge in [-0.2, -0.15) is 0 Å². The second-order valence-electron chi connectivity index (χ2n) is 4.00. The number of carboxylic acid groups (broad SMARTS) is 1. The van der Waals surface area contributed by atoms with E-state index in [1.807, 2.05) is 12.1 Å². The number of ether oxygens (including phenoxy) is 2. The zero-order valence-electron chi connectivity index (χ0n) is 10.7. The van der Waals surface area contributed by atoms with Gasteiger partial charge in [-0.1, -0.05) is 6.07 Å². The molecule has 0 fully saturated rings. The van der Waals surface area contributed by atoms with E-state index in [1.54, 1.807) is 20.3 Å². The van der Waals surface area contributed by atoms with Gasteiger partial charge in [0.25, 0.3) is 0 Å². The van der Waals surface area contributed by atoms with E-state index in [1.165, 1.54) is 0 Å². The lowest BCUT2D eigenvalue weighted by molar-refractivity contribution is -0.137. The molecule has 100 valence electrons. The maximum Gasteiger partial charge on any atom is 0.303 e. The van der Waals surface area contributed by atoms with Gasteiger partial charge in [0, 0.05) is 24.1 Å². The smallest absolute Gasteiger partial charge is 0.303 e. The number of aliphatic carboxylic acids is 1. The molecular weight excluding hydrogens is 234 g/mol. The molecule has 0 aliphatic heterocycles. The Labute approximate surface area is 107 Å². The molecule has 1 rings (SSSR count). The molecule has 0 spiro atoms. The molecule has 0 aromatic heterocycles. The van der Waals surface area contributed by atoms with Crippen LogP contribution >= 0.6 is 0 Å². The van der Waals surface area contributed by atoms with Gasteiger partial charge in [-0.15, -0.1) is 0 Å². The number of benzene rings is 1. The second kappa shape index (κ2) is 6.86. The monoisotopic (exact) mass is 253 g/mol. The fourth-order valence-electron chi connectivity index (χ4n) is 1.75. The second-order valence-corrected chi connectivity index (χ2v) is 4.00. The molecule has 0 saturated heterocycles. The molecule has 1 aromatic carbocycles. The third-order valence-corrected chi connectivity index (χ3v) is 2.75. The Balaban J connectivity index is 2.72. The summed E-state index contributed by atoms with van der Waals surface area (Å²) in [6, 6.07) is 5.20. The number of rotatable bonds is 7. The van der Waals surface area contributed by atoms with Crippen molar-refractivity contribution in [2.24, 2.45) is 5.73 Å². The Kier molecular flexibility index (Phi) is 5.45. The van der Waals surface area contributed by atoms with Crippen LogP contribution in [0, 0.1) is 0 Å². The first-order valence-corrected chi connectivity index (χ1v) is 5.77. The standard InChI is InChI=1S/C13H19NO4/c1-17-9-6-7-10(12(8-9)18-2)11(14)4-3-5-13(15)16/h6-8,11H,3-5,14H2,1-2H3,(H,15,16). The average molecular weight is 253 g/mol. The molecule has 0 bridgehead atoms. The van der Waals surface area contributed by atoms with E-state index in [2.05, 4.69) is 0 Å². The number of carbonyl (C=O) groups is 1. The highest BCUT2D eigenvalue weighted by molar-refractivity contribution is 5.66. The fourth-order valence-corrected chi connectivity index (χ4v) is 1.75. The third-order valence-electron chi connectivity index (χ3n) is 2.75. The van der Waals surface area contributed by atoms with E-state index in [9.17, 15) is 4.79 Å². The minimum absolute atomic E-state index is 0.131. The summed E-state index contributed by atoms with van der Waals surface area (Å²) in [6.07, 6.45) is 1.28. The topological polar surface area (TPSA) is 81.8 Å². The van der Waals surface area contributed by atoms with Crippen molar-refractivity contribution in [3.63, 3.8) is 0 Å². The largest absolute Gasteiger partial charge is 0.497 e. The summed E-state index contributed by atoms with van der Waals surface area (Å²) < 4.78 is 10.4. The highest BCUT2D eigenvalue weighted by Crippen LogP contribution is 2.30. The number of nitrogens with two attached hydrogens (primary N) is 1. The summed E-state index contributed by atoms with van der Waals surface area (Å²) in [5.41, 5.74) is 6.90. The van der Waals surface area contributed by atoms with Crippen LogP contribution in [0.5, 0.6) is 11.5 Å². The first-order chi connectivity index (χ1) is 8.58. The van der Waals surface area contributed by atoms with E-state index in [4.69, 9.17) is 20.3 Å². The molecule has 1 unspecified atom stereocenters. The maximum atomic E-state index is 10.4. The van der Waals surface area contributed by atoms with E-state index in [0.29, 0.717) is 24.3 Å². The third kappa shape index (κ3) is 3.92. The molecule has 0 heterocycles. The zero-order chi connectivity index (χ0) is 13.5. The molecule has 18 heavy (non-hydrogen) atoms. The number of carboxylic acids is 1. The predicted molar refractivity (Wildman–Crippen MR) is 68.0 cm³/mol. The van der Waals surface area contributed by atoms with Crippen molar-refractivity contribution in [3.05, 3.63) is 23.8 Å². The van der Waals surface area contributed by atoms with Gasteiger partial charge < -0.3 is 20.3 Å². The SMILES string of the molecule is COc1ccc(C(N)CCCC(=O)O)c(OC)c1. The Morgan fingerprint density at radius 1 is 1.39 bits per heavy atom. The van der Waals surface area contributed by atoms with Gasteiger partial charge in [0.2, 0.25) is 0 Å².